The minimum Gasteiger partial charge on any atom is -0.465 e. The van der Waals surface area contributed by atoms with Gasteiger partial charge in [-0.25, -0.2) is 9.18 Å². The molecule has 1 aromatic carbocycles. The molecular weight excluding hydrogens is 239 g/mol. The van der Waals surface area contributed by atoms with Crippen LogP contribution in [-0.2, 0) is 4.74 Å². The topological polar surface area (TPSA) is 78.3 Å². The minimum atomic E-state index is -0.608. The van der Waals surface area contributed by atoms with E-state index in [1.807, 2.05) is 0 Å². The Hall–Kier alpha value is -2.37. The molecule has 0 atom stereocenters. The van der Waals surface area contributed by atoms with Crippen molar-refractivity contribution < 1.29 is 18.4 Å². The molecular formula is C12H11FN2O3. The van der Waals surface area contributed by atoms with E-state index in [1.165, 1.54) is 32.4 Å². The highest BCUT2D eigenvalue weighted by Gasteiger charge is 2.17. The van der Waals surface area contributed by atoms with Crippen LogP contribution in [0.2, 0.25) is 0 Å². The number of rotatable bonds is 2. The van der Waals surface area contributed by atoms with Gasteiger partial charge in [0.2, 0.25) is 5.88 Å². The standard InChI is InChI=1S/C12H11FN2O3/c1-6-8(12(16)17-2)3-7(4-10(6)13)9-5-15-18-11(9)14/h3-5H,14H2,1-2H3. The highest BCUT2D eigenvalue weighted by Crippen LogP contribution is 2.29. The zero-order valence-electron chi connectivity index (χ0n) is 9.86. The van der Waals surface area contributed by atoms with Crippen molar-refractivity contribution in [3.05, 3.63) is 35.3 Å². The molecule has 6 heteroatoms. The Kier molecular flexibility index (Phi) is 3.01. The monoisotopic (exact) mass is 250 g/mol. The number of aromatic nitrogens is 1. The Bertz CT molecular complexity index is 607. The number of benzene rings is 1. The van der Waals surface area contributed by atoms with Gasteiger partial charge in [0, 0.05) is 0 Å². The van der Waals surface area contributed by atoms with Gasteiger partial charge in [-0.1, -0.05) is 5.16 Å². The first-order valence-electron chi connectivity index (χ1n) is 5.13. The Labute approximate surface area is 102 Å². The predicted molar refractivity (Wildman–Crippen MR) is 62.4 cm³/mol. The molecule has 0 aliphatic heterocycles. The smallest absolute Gasteiger partial charge is 0.338 e. The quantitative estimate of drug-likeness (QED) is 0.826. The molecule has 1 heterocycles. The number of hydrogen-bond acceptors (Lipinski definition) is 5. The SMILES string of the molecule is COC(=O)c1cc(-c2cnoc2N)cc(F)c1C. The predicted octanol–water partition coefficient (Wildman–Crippen LogP) is 2.16. The Morgan fingerprint density at radius 3 is 2.78 bits per heavy atom. The second-order valence-electron chi connectivity index (χ2n) is 3.73. The van der Waals surface area contributed by atoms with Gasteiger partial charge < -0.3 is 15.0 Å². The zero-order chi connectivity index (χ0) is 13.3. The third kappa shape index (κ3) is 1.92. The van der Waals surface area contributed by atoms with Crippen LogP contribution in [0.4, 0.5) is 10.3 Å². The summed E-state index contributed by atoms with van der Waals surface area (Å²) in [5.74, 6) is -1.06. The summed E-state index contributed by atoms with van der Waals surface area (Å²) in [7, 11) is 1.24. The van der Waals surface area contributed by atoms with Crippen molar-refractivity contribution in [3.63, 3.8) is 0 Å². The Morgan fingerprint density at radius 2 is 2.22 bits per heavy atom. The molecule has 0 fully saturated rings. The van der Waals surface area contributed by atoms with E-state index in [-0.39, 0.29) is 17.0 Å². The molecule has 94 valence electrons. The Balaban J connectivity index is 2.61. The van der Waals surface area contributed by atoms with E-state index in [0.717, 1.165) is 0 Å². The van der Waals surface area contributed by atoms with E-state index in [1.54, 1.807) is 0 Å². The summed E-state index contributed by atoms with van der Waals surface area (Å²) >= 11 is 0. The van der Waals surface area contributed by atoms with Crippen molar-refractivity contribution in [3.8, 4) is 11.1 Å². The van der Waals surface area contributed by atoms with Gasteiger partial charge >= 0.3 is 5.97 Å². The lowest BCUT2D eigenvalue weighted by molar-refractivity contribution is 0.0599. The van der Waals surface area contributed by atoms with Gasteiger partial charge in [-0.3, -0.25) is 0 Å². The van der Waals surface area contributed by atoms with Crippen molar-refractivity contribution in [2.75, 3.05) is 12.8 Å². The van der Waals surface area contributed by atoms with Crippen LogP contribution in [0.15, 0.2) is 22.9 Å². The lowest BCUT2D eigenvalue weighted by Crippen LogP contribution is -2.06. The van der Waals surface area contributed by atoms with Crippen LogP contribution in [-0.4, -0.2) is 18.2 Å². The van der Waals surface area contributed by atoms with Crippen LogP contribution in [0.1, 0.15) is 15.9 Å². The summed E-state index contributed by atoms with van der Waals surface area (Å²) < 4.78 is 23.1. The first-order valence-corrected chi connectivity index (χ1v) is 5.13. The maximum atomic E-state index is 13.8. The van der Waals surface area contributed by atoms with Crippen LogP contribution >= 0.6 is 0 Å². The van der Waals surface area contributed by atoms with E-state index in [9.17, 15) is 9.18 Å². The van der Waals surface area contributed by atoms with Gasteiger partial charge in [0.05, 0.1) is 24.4 Å². The van der Waals surface area contributed by atoms with Gasteiger partial charge in [-0.15, -0.1) is 0 Å². The van der Waals surface area contributed by atoms with Crippen LogP contribution in [0, 0.1) is 12.7 Å². The molecule has 0 bridgehead atoms. The number of anilines is 1. The molecule has 0 radical (unpaired) electrons. The molecule has 1 aromatic heterocycles. The van der Waals surface area contributed by atoms with Crippen LogP contribution in [0.25, 0.3) is 11.1 Å². The minimum absolute atomic E-state index is 0.0640. The molecule has 0 saturated heterocycles. The number of nitrogen functional groups attached to an aromatic ring is 1. The fourth-order valence-electron chi connectivity index (χ4n) is 1.62. The molecule has 0 spiro atoms. The van der Waals surface area contributed by atoms with Gasteiger partial charge in [0.15, 0.2) is 0 Å². The number of carbonyl (C=O) groups is 1. The van der Waals surface area contributed by atoms with Crippen LogP contribution in [0.3, 0.4) is 0 Å². The summed E-state index contributed by atoms with van der Waals surface area (Å²) in [6, 6.07) is 2.76. The van der Waals surface area contributed by atoms with Gasteiger partial charge in [-0.2, -0.15) is 0 Å². The van der Waals surface area contributed by atoms with E-state index in [0.29, 0.717) is 11.1 Å². The molecule has 18 heavy (non-hydrogen) atoms. The van der Waals surface area contributed by atoms with Crippen LogP contribution in [0.5, 0.6) is 0 Å². The molecule has 0 aliphatic rings. The molecule has 2 N–H and O–H groups in total. The first kappa shape index (κ1) is 12.1. The highest BCUT2D eigenvalue weighted by molar-refractivity contribution is 5.93. The molecule has 5 nitrogen and oxygen atoms in total. The van der Waals surface area contributed by atoms with Crippen molar-refractivity contribution in [1.82, 2.24) is 5.16 Å². The summed E-state index contributed by atoms with van der Waals surface area (Å²) in [5, 5.41) is 3.51. The summed E-state index contributed by atoms with van der Waals surface area (Å²) in [4.78, 5) is 11.5. The average Bonchev–Trinajstić information content (AvgIpc) is 2.78. The third-order valence-corrected chi connectivity index (χ3v) is 2.66. The van der Waals surface area contributed by atoms with Gasteiger partial charge in [-0.05, 0) is 30.2 Å². The number of hydrogen-bond donors (Lipinski definition) is 1. The number of ether oxygens (including phenoxy) is 1. The average molecular weight is 250 g/mol. The van der Waals surface area contributed by atoms with E-state index < -0.39 is 11.8 Å². The third-order valence-electron chi connectivity index (χ3n) is 2.66. The van der Waals surface area contributed by atoms with Gasteiger partial charge in [0.25, 0.3) is 0 Å². The lowest BCUT2D eigenvalue weighted by atomic mass is 10.0. The summed E-state index contributed by atoms with van der Waals surface area (Å²) in [6.45, 7) is 1.50. The number of nitrogens with zero attached hydrogens (tertiary/aromatic N) is 1. The van der Waals surface area contributed by atoms with Gasteiger partial charge in [0.1, 0.15) is 5.82 Å². The molecule has 0 unspecified atom stereocenters. The number of nitrogens with two attached hydrogens (primary N) is 1. The maximum Gasteiger partial charge on any atom is 0.338 e. The largest absolute Gasteiger partial charge is 0.465 e. The number of halogens is 1. The number of methoxy groups -OCH3 is 1. The Morgan fingerprint density at radius 1 is 1.50 bits per heavy atom. The number of carbonyl (C=O) groups excluding carboxylic acids is 1. The van der Waals surface area contributed by atoms with Crippen molar-refractivity contribution >= 4 is 11.9 Å². The molecule has 0 saturated carbocycles. The second kappa shape index (κ2) is 4.48. The zero-order valence-corrected chi connectivity index (χ0v) is 9.86. The number of esters is 1. The van der Waals surface area contributed by atoms with Crippen molar-refractivity contribution in [2.24, 2.45) is 0 Å². The fourth-order valence-corrected chi connectivity index (χ4v) is 1.62. The molecule has 2 aromatic rings. The van der Waals surface area contributed by atoms with E-state index in [2.05, 4.69) is 9.89 Å². The molecule has 2 rings (SSSR count). The summed E-state index contributed by atoms with van der Waals surface area (Å²) in [6.07, 6.45) is 1.36. The normalized spacial score (nSPS) is 10.4. The summed E-state index contributed by atoms with van der Waals surface area (Å²) in [5.41, 5.74) is 6.76. The molecule has 0 amide bonds. The van der Waals surface area contributed by atoms with Crippen molar-refractivity contribution in [2.45, 2.75) is 6.92 Å². The van der Waals surface area contributed by atoms with E-state index >= 15 is 0 Å². The maximum absolute atomic E-state index is 13.8. The highest BCUT2D eigenvalue weighted by atomic mass is 19.1. The lowest BCUT2D eigenvalue weighted by Gasteiger charge is -2.07. The molecule has 0 aliphatic carbocycles. The fraction of sp³-hybridized carbons (Fsp3) is 0.167. The second-order valence-corrected chi connectivity index (χ2v) is 3.73. The van der Waals surface area contributed by atoms with Crippen LogP contribution < -0.4 is 5.73 Å². The van der Waals surface area contributed by atoms with Crippen molar-refractivity contribution in [1.29, 1.82) is 0 Å². The van der Waals surface area contributed by atoms with E-state index in [4.69, 9.17) is 10.3 Å². The first-order chi connectivity index (χ1) is 8.54.